The molecule has 0 bridgehead atoms. The summed E-state index contributed by atoms with van der Waals surface area (Å²) in [4.78, 5) is 55.0. The van der Waals surface area contributed by atoms with Crippen molar-refractivity contribution in [3.05, 3.63) is 0 Å². The zero-order valence-electron chi connectivity index (χ0n) is 22.4. The predicted octanol–water partition coefficient (Wildman–Crippen LogP) is 2.90. The van der Waals surface area contributed by atoms with Gasteiger partial charge in [0.05, 0.1) is 5.60 Å². The summed E-state index contributed by atoms with van der Waals surface area (Å²) in [6.07, 6.45) is -0.393. The maximum atomic E-state index is 15.7. The molecule has 0 radical (unpaired) electrons. The second kappa shape index (κ2) is 8.91. The summed E-state index contributed by atoms with van der Waals surface area (Å²) in [5.41, 5.74) is -6.16. The standard InChI is InChI=1S/C26H40FNO7/c1-10-16-26(7)18-17(21(31)35-26)28(8)13-24(18,5)19(29)14(2)11-23(4,33-9)12-15(3)20(30)25(6,27)22(32)34-16/h14-18H,10-13H2,1-9H3/t14-,15-,16+,17-,18?,23-,24-,25-,26-/m1/s1. The van der Waals surface area contributed by atoms with Crippen LogP contribution in [0.3, 0.4) is 0 Å². The van der Waals surface area contributed by atoms with Gasteiger partial charge in [0.2, 0.25) is 0 Å². The van der Waals surface area contributed by atoms with Gasteiger partial charge in [0, 0.05) is 36.8 Å². The van der Waals surface area contributed by atoms with E-state index in [0.717, 1.165) is 6.92 Å². The Bertz CT molecular complexity index is 921. The minimum Gasteiger partial charge on any atom is -0.455 e. The minimum absolute atomic E-state index is 0.0443. The molecule has 9 heteroatoms. The van der Waals surface area contributed by atoms with Gasteiger partial charge in [-0.25, -0.2) is 9.18 Å². The third-order valence-corrected chi connectivity index (χ3v) is 8.77. The van der Waals surface area contributed by atoms with Crippen LogP contribution in [0.4, 0.5) is 4.39 Å². The number of hydrogen-bond donors (Lipinski definition) is 0. The van der Waals surface area contributed by atoms with Crippen LogP contribution in [0.25, 0.3) is 0 Å². The Morgan fingerprint density at radius 2 is 1.57 bits per heavy atom. The van der Waals surface area contributed by atoms with Gasteiger partial charge in [-0.3, -0.25) is 19.3 Å². The summed E-state index contributed by atoms with van der Waals surface area (Å²) in [5, 5.41) is 0. The monoisotopic (exact) mass is 497 g/mol. The van der Waals surface area contributed by atoms with Crippen LogP contribution < -0.4 is 0 Å². The van der Waals surface area contributed by atoms with Gasteiger partial charge in [0.1, 0.15) is 17.9 Å². The fourth-order valence-corrected chi connectivity index (χ4v) is 7.12. The van der Waals surface area contributed by atoms with Gasteiger partial charge in [-0.15, -0.1) is 0 Å². The van der Waals surface area contributed by atoms with E-state index >= 15 is 4.39 Å². The van der Waals surface area contributed by atoms with E-state index in [2.05, 4.69) is 0 Å². The lowest BCUT2D eigenvalue weighted by atomic mass is 9.62. The van der Waals surface area contributed by atoms with Crippen molar-refractivity contribution in [3.63, 3.8) is 0 Å². The molecule has 0 saturated carbocycles. The van der Waals surface area contributed by atoms with E-state index in [9.17, 15) is 19.2 Å². The zero-order chi connectivity index (χ0) is 26.7. The lowest BCUT2D eigenvalue weighted by molar-refractivity contribution is -0.192. The van der Waals surface area contributed by atoms with Crippen LogP contribution in [-0.2, 0) is 33.4 Å². The first kappa shape index (κ1) is 27.7. The van der Waals surface area contributed by atoms with E-state index in [4.69, 9.17) is 14.2 Å². The van der Waals surface area contributed by atoms with Gasteiger partial charge in [0.25, 0.3) is 5.67 Å². The number of likely N-dealkylation sites (tertiary alicyclic amines) is 1. The number of esters is 2. The van der Waals surface area contributed by atoms with E-state index in [0.29, 0.717) is 13.0 Å². The number of ketones is 2. The molecular formula is C26H40FNO7. The molecule has 3 aliphatic heterocycles. The molecule has 8 nitrogen and oxygen atoms in total. The molecule has 0 aromatic carbocycles. The molecule has 198 valence electrons. The third kappa shape index (κ3) is 4.22. The SMILES string of the molecule is CC[C@@H]1OC(=O)[C@](C)(F)C(=O)[C@H](C)C[C@](C)(OC)C[C@@H](C)C(=O)[C@]2(C)CN(C)[C@H]3C(=O)O[C@@]1(C)C32. The summed E-state index contributed by atoms with van der Waals surface area (Å²) in [7, 11) is 3.27. The lowest BCUT2D eigenvalue weighted by Gasteiger charge is -2.44. The maximum Gasteiger partial charge on any atom is 0.351 e. The van der Waals surface area contributed by atoms with Crippen LogP contribution in [0, 0.1) is 23.2 Å². The van der Waals surface area contributed by atoms with Crippen LogP contribution in [0.2, 0.25) is 0 Å². The van der Waals surface area contributed by atoms with Crippen molar-refractivity contribution >= 4 is 23.5 Å². The summed E-state index contributed by atoms with van der Waals surface area (Å²) < 4.78 is 32.9. The van der Waals surface area contributed by atoms with E-state index in [1.54, 1.807) is 34.7 Å². The van der Waals surface area contributed by atoms with E-state index in [1.807, 2.05) is 18.7 Å². The number of carbonyl (C=O) groups is 4. The Labute approximate surface area is 207 Å². The number of alkyl halides is 1. The van der Waals surface area contributed by atoms with E-state index in [-0.39, 0.29) is 18.6 Å². The first-order chi connectivity index (χ1) is 16.0. The molecule has 3 heterocycles. The Kier molecular flexibility index (Phi) is 7.05. The minimum atomic E-state index is -2.89. The van der Waals surface area contributed by atoms with Crippen molar-refractivity contribution in [2.45, 2.75) is 96.7 Å². The summed E-state index contributed by atoms with van der Waals surface area (Å²) in [5.74, 6) is -4.73. The van der Waals surface area contributed by atoms with Crippen molar-refractivity contribution in [1.29, 1.82) is 0 Å². The number of ether oxygens (including phenoxy) is 3. The predicted molar refractivity (Wildman–Crippen MR) is 125 cm³/mol. The molecule has 3 fully saturated rings. The highest BCUT2D eigenvalue weighted by atomic mass is 19.1. The number of halogens is 1. The molecule has 0 spiro atoms. The van der Waals surface area contributed by atoms with Crippen molar-refractivity contribution in [3.8, 4) is 0 Å². The third-order valence-electron chi connectivity index (χ3n) is 8.77. The molecular weight excluding hydrogens is 457 g/mol. The number of likely N-dealkylation sites (N-methyl/N-ethyl adjacent to an activating group) is 1. The molecule has 3 aliphatic rings. The fraction of sp³-hybridized carbons (Fsp3) is 0.846. The largest absolute Gasteiger partial charge is 0.455 e. The molecule has 35 heavy (non-hydrogen) atoms. The average Bonchev–Trinajstić information content (AvgIpc) is 3.22. The van der Waals surface area contributed by atoms with Crippen molar-refractivity contribution in [2.75, 3.05) is 20.7 Å². The summed E-state index contributed by atoms with van der Waals surface area (Å²) >= 11 is 0. The van der Waals surface area contributed by atoms with Gasteiger partial charge < -0.3 is 14.2 Å². The highest BCUT2D eigenvalue weighted by Gasteiger charge is 2.70. The Hall–Kier alpha value is -1.87. The summed E-state index contributed by atoms with van der Waals surface area (Å²) in [6, 6.07) is -0.700. The normalized spacial score (nSPS) is 47.8. The van der Waals surface area contributed by atoms with Gasteiger partial charge in [0.15, 0.2) is 11.4 Å². The molecule has 3 rings (SSSR count). The highest BCUT2D eigenvalue weighted by molar-refractivity contribution is 6.07. The number of carbonyl (C=O) groups excluding carboxylic acids is 4. The van der Waals surface area contributed by atoms with Crippen molar-refractivity contribution in [2.24, 2.45) is 23.2 Å². The molecule has 0 aliphatic carbocycles. The number of cyclic esters (lactones) is 1. The number of methoxy groups -OCH3 is 1. The van der Waals surface area contributed by atoms with Gasteiger partial charge >= 0.3 is 11.9 Å². The lowest BCUT2D eigenvalue weighted by Crippen LogP contribution is -2.57. The maximum absolute atomic E-state index is 15.7. The molecule has 0 aromatic rings. The van der Waals surface area contributed by atoms with Crippen LogP contribution >= 0.6 is 0 Å². The quantitative estimate of drug-likeness (QED) is 0.424. The van der Waals surface area contributed by atoms with Gasteiger partial charge in [-0.05, 0) is 47.1 Å². The van der Waals surface area contributed by atoms with Crippen LogP contribution in [-0.4, -0.2) is 78.1 Å². The van der Waals surface area contributed by atoms with Crippen molar-refractivity contribution < 1.29 is 37.8 Å². The topological polar surface area (TPSA) is 99.2 Å². The van der Waals surface area contributed by atoms with Crippen LogP contribution in [0.5, 0.6) is 0 Å². The smallest absolute Gasteiger partial charge is 0.351 e. The first-order valence-electron chi connectivity index (χ1n) is 12.5. The van der Waals surface area contributed by atoms with E-state index in [1.165, 1.54) is 7.11 Å². The zero-order valence-corrected chi connectivity index (χ0v) is 22.4. The van der Waals surface area contributed by atoms with Crippen molar-refractivity contribution in [1.82, 2.24) is 4.90 Å². The number of hydrogen-bond acceptors (Lipinski definition) is 8. The van der Waals surface area contributed by atoms with Crippen LogP contribution in [0.1, 0.15) is 67.7 Å². The number of rotatable bonds is 2. The van der Waals surface area contributed by atoms with E-state index < -0.39 is 69.9 Å². The highest BCUT2D eigenvalue weighted by Crippen LogP contribution is 2.55. The Morgan fingerprint density at radius 3 is 2.09 bits per heavy atom. The molecule has 0 amide bonds. The van der Waals surface area contributed by atoms with Crippen LogP contribution in [0.15, 0.2) is 0 Å². The first-order valence-corrected chi connectivity index (χ1v) is 12.5. The molecule has 0 aromatic heterocycles. The van der Waals surface area contributed by atoms with Gasteiger partial charge in [-0.2, -0.15) is 0 Å². The fourth-order valence-electron chi connectivity index (χ4n) is 7.12. The molecule has 9 atom stereocenters. The molecule has 1 unspecified atom stereocenters. The second-order valence-corrected chi connectivity index (χ2v) is 11.8. The van der Waals surface area contributed by atoms with Gasteiger partial charge in [-0.1, -0.05) is 27.7 Å². The Morgan fingerprint density at radius 1 is 1.03 bits per heavy atom. The molecule has 3 saturated heterocycles. The second-order valence-electron chi connectivity index (χ2n) is 11.8. The summed E-state index contributed by atoms with van der Waals surface area (Å²) in [6.45, 7) is 11.6. The number of Topliss-reactive ketones (excluding diaryl/α,β-unsaturated/α-hetero) is 2. The molecule has 0 N–H and O–H groups in total. The number of nitrogens with zero attached hydrogens (tertiary/aromatic N) is 1. The average molecular weight is 498 g/mol. The Balaban J connectivity index is 2.19.